The van der Waals surface area contributed by atoms with Gasteiger partial charge in [0.05, 0.1) is 5.69 Å². The van der Waals surface area contributed by atoms with Crippen molar-refractivity contribution in [1.82, 2.24) is 14.7 Å². The molecule has 1 fully saturated rings. The van der Waals surface area contributed by atoms with Crippen molar-refractivity contribution >= 4 is 11.9 Å². The first-order chi connectivity index (χ1) is 12.5. The zero-order chi connectivity index (χ0) is 18.4. The van der Waals surface area contributed by atoms with Crippen LogP contribution >= 0.6 is 0 Å². The van der Waals surface area contributed by atoms with Crippen molar-refractivity contribution in [3.05, 3.63) is 46.3 Å². The molecule has 2 aromatic rings. The molecule has 6 nitrogen and oxygen atoms in total. The number of aryl methyl sites for hydroxylation is 2. The molecule has 1 N–H and O–H groups in total. The van der Waals surface area contributed by atoms with Crippen molar-refractivity contribution < 1.29 is 14.7 Å². The Morgan fingerprint density at radius 3 is 2.73 bits per heavy atom. The van der Waals surface area contributed by atoms with Crippen LogP contribution in [0.1, 0.15) is 52.1 Å². The molecule has 2 aliphatic rings. The Morgan fingerprint density at radius 1 is 1.19 bits per heavy atom. The summed E-state index contributed by atoms with van der Waals surface area (Å²) in [6.45, 7) is 4.59. The Bertz CT molecular complexity index is 900. The zero-order valence-electron chi connectivity index (χ0n) is 15.2. The van der Waals surface area contributed by atoms with Gasteiger partial charge in [-0.15, -0.1) is 0 Å². The van der Waals surface area contributed by atoms with Crippen molar-refractivity contribution in [1.29, 1.82) is 0 Å². The minimum absolute atomic E-state index is 0.239. The SMILES string of the molecule is Cc1ccc(-n2nc(C(=O)N3CCC[C@H]3C(=O)O)c3c2CCC3)c(C)c1. The highest BCUT2D eigenvalue weighted by Crippen LogP contribution is 2.31. The van der Waals surface area contributed by atoms with E-state index in [4.69, 9.17) is 0 Å². The fraction of sp³-hybridized carbons (Fsp3) is 0.450. The highest BCUT2D eigenvalue weighted by atomic mass is 16.4. The van der Waals surface area contributed by atoms with Crippen LogP contribution in [0.3, 0.4) is 0 Å². The van der Waals surface area contributed by atoms with Gasteiger partial charge >= 0.3 is 5.97 Å². The van der Waals surface area contributed by atoms with E-state index >= 15 is 0 Å². The van der Waals surface area contributed by atoms with Gasteiger partial charge in [0.25, 0.3) is 5.91 Å². The number of carboxylic acids is 1. The minimum atomic E-state index is -0.929. The average molecular weight is 353 g/mol. The van der Waals surface area contributed by atoms with Crippen molar-refractivity contribution in [3.63, 3.8) is 0 Å². The predicted molar refractivity (Wildman–Crippen MR) is 96.8 cm³/mol. The van der Waals surface area contributed by atoms with Crippen LogP contribution < -0.4 is 0 Å². The summed E-state index contributed by atoms with van der Waals surface area (Å²) in [5.41, 5.74) is 5.81. The topological polar surface area (TPSA) is 75.4 Å². The van der Waals surface area contributed by atoms with E-state index in [9.17, 15) is 14.7 Å². The number of aliphatic carboxylic acids is 1. The third kappa shape index (κ3) is 2.60. The van der Waals surface area contributed by atoms with Crippen LogP contribution in [0.15, 0.2) is 18.2 Å². The number of nitrogens with zero attached hydrogens (tertiary/aromatic N) is 3. The average Bonchev–Trinajstić information content (AvgIpc) is 3.30. The molecule has 0 bridgehead atoms. The van der Waals surface area contributed by atoms with Gasteiger partial charge in [0.2, 0.25) is 0 Å². The summed E-state index contributed by atoms with van der Waals surface area (Å²) in [4.78, 5) is 26.0. The highest BCUT2D eigenvalue weighted by molar-refractivity contribution is 5.97. The summed E-state index contributed by atoms with van der Waals surface area (Å²) in [7, 11) is 0. The van der Waals surface area contributed by atoms with E-state index in [1.54, 1.807) is 0 Å². The molecule has 0 radical (unpaired) electrons. The van der Waals surface area contributed by atoms with E-state index in [1.807, 2.05) is 23.7 Å². The largest absolute Gasteiger partial charge is 0.480 e. The smallest absolute Gasteiger partial charge is 0.326 e. The van der Waals surface area contributed by atoms with Gasteiger partial charge in [-0.25, -0.2) is 9.48 Å². The molecule has 26 heavy (non-hydrogen) atoms. The number of aromatic nitrogens is 2. The summed E-state index contributed by atoms with van der Waals surface area (Å²) in [5.74, 6) is -1.17. The molecule has 0 spiro atoms. The van der Waals surface area contributed by atoms with Crippen LogP contribution in [-0.2, 0) is 17.6 Å². The van der Waals surface area contributed by atoms with Crippen LogP contribution in [-0.4, -0.2) is 44.3 Å². The lowest BCUT2D eigenvalue weighted by Gasteiger charge is -2.20. The van der Waals surface area contributed by atoms with Gasteiger partial charge in [-0.2, -0.15) is 5.10 Å². The van der Waals surface area contributed by atoms with Gasteiger partial charge in [-0.3, -0.25) is 4.79 Å². The van der Waals surface area contributed by atoms with Crippen LogP contribution in [0.25, 0.3) is 5.69 Å². The molecule has 1 aliphatic heterocycles. The molecule has 2 heterocycles. The summed E-state index contributed by atoms with van der Waals surface area (Å²) in [6, 6.07) is 5.47. The van der Waals surface area contributed by atoms with Crippen LogP contribution in [0, 0.1) is 13.8 Å². The molecule has 0 saturated carbocycles. The molecule has 4 rings (SSSR count). The number of hydrogen-bond donors (Lipinski definition) is 1. The van der Waals surface area contributed by atoms with Crippen LogP contribution in [0.5, 0.6) is 0 Å². The number of rotatable bonds is 3. The maximum absolute atomic E-state index is 13.1. The first-order valence-electron chi connectivity index (χ1n) is 9.19. The second-order valence-corrected chi connectivity index (χ2v) is 7.32. The van der Waals surface area contributed by atoms with E-state index in [0.717, 1.165) is 48.2 Å². The Balaban J connectivity index is 1.77. The normalized spacial score (nSPS) is 19.0. The molecular weight excluding hydrogens is 330 g/mol. The lowest BCUT2D eigenvalue weighted by molar-refractivity contribution is -0.141. The van der Waals surface area contributed by atoms with Gasteiger partial charge < -0.3 is 10.0 Å². The maximum Gasteiger partial charge on any atom is 0.326 e. The van der Waals surface area contributed by atoms with E-state index in [-0.39, 0.29) is 5.91 Å². The molecule has 0 unspecified atom stereocenters. The summed E-state index contributed by atoms with van der Waals surface area (Å²) < 4.78 is 1.90. The number of carbonyl (C=O) groups excluding carboxylic acids is 1. The monoisotopic (exact) mass is 353 g/mol. The molecule has 1 aromatic heterocycles. The Hall–Kier alpha value is -2.63. The first-order valence-corrected chi connectivity index (χ1v) is 9.19. The van der Waals surface area contributed by atoms with Crippen molar-refractivity contribution in [2.75, 3.05) is 6.54 Å². The van der Waals surface area contributed by atoms with Crippen LogP contribution in [0.4, 0.5) is 0 Å². The van der Waals surface area contributed by atoms with Crippen molar-refractivity contribution in [2.45, 2.75) is 52.0 Å². The van der Waals surface area contributed by atoms with E-state index in [1.165, 1.54) is 10.5 Å². The number of carboxylic acid groups (broad SMARTS) is 1. The lowest BCUT2D eigenvalue weighted by atomic mass is 10.1. The van der Waals surface area contributed by atoms with E-state index in [2.05, 4.69) is 18.1 Å². The number of carbonyl (C=O) groups is 2. The number of likely N-dealkylation sites (tertiary alicyclic amines) is 1. The maximum atomic E-state index is 13.1. The third-order valence-electron chi connectivity index (χ3n) is 5.51. The zero-order valence-corrected chi connectivity index (χ0v) is 15.2. The first kappa shape index (κ1) is 16.8. The summed E-state index contributed by atoms with van der Waals surface area (Å²) >= 11 is 0. The molecule has 136 valence electrons. The van der Waals surface area contributed by atoms with Crippen molar-refractivity contribution in [3.8, 4) is 5.69 Å². The standard InChI is InChI=1S/C20H23N3O3/c1-12-8-9-15(13(2)11-12)23-16-6-3-5-14(16)18(21-23)19(24)22-10-4-7-17(22)20(25)26/h8-9,11,17H,3-7,10H2,1-2H3,(H,25,26)/t17-/m0/s1. The Morgan fingerprint density at radius 2 is 2.00 bits per heavy atom. The lowest BCUT2D eigenvalue weighted by Crippen LogP contribution is -2.40. The Labute approximate surface area is 152 Å². The second kappa shape index (κ2) is 6.27. The van der Waals surface area contributed by atoms with Gasteiger partial charge in [0.1, 0.15) is 6.04 Å². The number of hydrogen-bond acceptors (Lipinski definition) is 3. The van der Waals surface area contributed by atoms with Gasteiger partial charge in [0.15, 0.2) is 5.69 Å². The van der Waals surface area contributed by atoms with Gasteiger partial charge in [-0.05, 0) is 57.6 Å². The molecule has 1 saturated heterocycles. The molecule has 1 aromatic carbocycles. The van der Waals surface area contributed by atoms with Gasteiger partial charge in [-0.1, -0.05) is 17.7 Å². The third-order valence-corrected chi connectivity index (χ3v) is 5.51. The molecule has 1 amide bonds. The van der Waals surface area contributed by atoms with E-state index < -0.39 is 12.0 Å². The number of fused-ring (bicyclic) bond motifs is 1. The molecule has 1 atom stereocenters. The summed E-state index contributed by atoms with van der Waals surface area (Å²) in [5, 5.41) is 14.1. The number of benzene rings is 1. The molecule has 1 aliphatic carbocycles. The predicted octanol–water partition coefficient (Wildman–Crippen LogP) is 2.67. The van der Waals surface area contributed by atoms with Gasteiger partial charge in [0, 0.05) is 17.8 Å². The minimum Gasteiger partial charge on any atom is -0.480 e. The highest BCUT2D eigenvalue weighted by Gasteiger charge is 2.38. The fourth-order valence-electron chi connectivity index (χ4n) is 4.25. The van der Waals surface area contributed by atoms with Crippen LogP contribution in [0.2, 0.25) is 0 Å². The molecule has 6 heteroatoms. The fourth-order valence-corrected chi connectivity index (χ4v) is 4.25. The van der Waals surface area contributed by atoms with E-state index in [0.29, 0.717) is 18.7 Å². The summed E-state index contributed by atoms with van der Waals surface area (Å²) in [6.07, 6.45) is 3.96. The Kier molecular flexibility index (Phi) is 4.05. The molecular formula is C20H23N3O3. The van der Waals surface area contributed by atoms with Crippen molar-refractivity contribution in [2.24, 2.45) is 0 Å². The number of amides is 1. The second-order valence-electron chi connectivity index (χ2n) is 7.32. The quantitative estimate of drug-likeness (QED) is 0.920.